The second-order valence-electron chi connectivity index (χ2n) is 8.58. The smallest absolute Gasteiger partial charge is 0.225 e. The van der Waals surface area contributed by atoms with Crippen LogP contribution in [0.4, 0.5) is 0 Å². The minimum absolute atomic E-state index is 0.186. The molecule has 31 heavy (non-hydrogen) atoms. The average Bonchev–Trinajstić information content (AvgIpc) is 2.82. The maximum atomic E-state index is 13.0. The van der Waals surface area contributed by atoms with Crippen LogP contribution >= 0.6 is 0 Å². The lowest BCUT2D eigenvalue weighted by molar-refractivity contribution is -0.139. The van der Waals surface area contributed by atoms with Gasteiger partial charge >= 0.3 is 0 Å². The summed E-state index contributed by atoms with van der Waals surface area (Å²) in [4.78, 5) is 24.1. The van der Waals surface area contributed by atoms with Gasteiger partial charge in [-0.2, -0.15) is 0 Å². The number of rotatable bonds is 7. The second-order valence-corrected chi connectivity index (χ2v) is 8.58. The number of hydrogen-bond donors (Lipinski definition) is 0. The molecule has 6 heteroatoms. The van der Waals surface area contributed by atoms with Gasteiger partial charge in [0.15, 0.2) is 0 Å². The third-order valence-corrected chi connectivity index (χ3v) is 6.42. The lowest BCUT2D eigenvalue weighted by Gasteiger charge is -2.38. The summed E-state index contributed by atoms with van der Waals surface area (Å²) < 4.78 is 5.52. The van der Waals surface area contributed by atoms with E-state index in [2.05, 4.69) is 43.9 Å². The molecule has 0 N–H and O–H groups in total. The summed E-state index contributed by atoms with van der Waals surface area (Å²) in [6, 6.07) is 12.5. The van der Waals surface area contributed by atoms with Gasteiger partial charge in [0.05, 0.1) is 6.61 Å². The van der Waals surface area contributed by atoms with Crippen molar-refractivity contribution in [2.24, 2.45) is 5.92 Å². The Morgan fingerprint density at radius 3 is 2.06 bits per heavy atom. The van der Waals surface area contributed by atoms with Crippen molar-refractivity contribution in [1.29, 1.82) is 0 Å². The van der Waals surface area contributed by atoms with Crippen LogP contribution in [0.1, 0.15) is 30.9 Å². The van der Waals surface area contributed by atoms with E-state index in [4.69, 9.17) is 4.74 Å². The largest absolute Gasteiger partial charge is 0.494 e. The second kappa shape index (κ2) is 10.7. The number of carbonyl (C=O) groups is 1. The number of likely N-dealkylation sites (tertiary alicyclic amines) is 1. The van der Waals surface area contributed by atoms with Gasteiger partial charge in [0.25, 0.3) is 0 Å². The van der Waals surface area contributed by atoms with E-state index in [1.807, 2.05) is 31.5 Å². The summed E-state index contributed by atoms with van der Waals surface area (Å²) in [5.74, 6) is 1.48. The Bertz CT molecular complexity index is 811. The molecular formula is C25H34N4O2. The van der Waals surface area contributed by atoms with Crippen molar-refractivity contribution in [3.8, 4) is 5.75 Å². The number of hydrogen-bond acceptors (Lipinski definition) is 5. The lowest BCUT2D eigenvalue weighted by atomic mass is 9.94. The molecule has 4 rings (SSSR count). The maximum absolute atomic E-state index is 13.0. The number of nitrogens with zero attached hydrogens (tertiary/aromatic N) is 4. The number of ether oxygens (including phenoxy) is 1. The topological polar surface area (TPSA) is 48.9 Å². The minimum atomic E-state index is 0.186. The molecule has 1 amide bonds. The van der Waals surface area contributed by atoms with Gasteiger partial charge in [-0.05, 0) is 68.2 Å². The summed E-state index contributed by atoms with van der Waals surface area (Å²) in [7, 11) is 0. The molecule has 3 heterocycles. The highest BCUT2D eigenvalue weighted by atomic mass is 16.5. The number of carbonyl (C=O) groups excluding carboxylic acids is 1. The molecule has 0 atom stereocenters. The fraction of sp³-hybridized carbons (Fsp3) is 0.520. The monoisotopic (exact) mass is 422 g/mol. The van der Waals surface area contributed by atoms with Crippen LogP contribution in [-0.4, -0.2) is 71.5 Å². The Morgan fingerprint density at radius 1 is 0.871 bits per heavy atom. The third kappa shape index (κ3) is 6.05. The predicted molar refractivity (Wildman–Crippen MR) is 122 cm³/mol. The van der Waals surface area contributed by atoms with Crippen molar-refractivity contribution in [3.63, 3.8) is 0 Å². The van der Waals surface area contributed by atoms with E-state index in [0.29, 0.717) is 12.5 Å². The number of aromatic nitrogens is 1. The van der Waals surface area contributed by atoms with E-state index in [-0.39, 0.29) is 5.92 Å². The Kier molecular flexibility index (Phi) is 7.54. The van der Waals surface area contributed by atoms with Crippen molar-refractivity contribution >= 4 is 5.91 Å². The van der Waals surface area contributed by atoms with Crippen LogP contribution in [0.25, 0.3) is 0 Å². The Labute approximate surface area is 185 Å². The van der Waals surface area contributed by atoms with E-state index in [1.54, 1.807) is 0 Å². The summed E-state index contributed by atoms with van der Waals surface area (Å²) >= 11 is 0. The first kappa shape index (κ1) is 21.8. The van der Waals surface area contributed by atoms with Gasteiger partial charge in [-0.3, -0.25) is 19.6 Å². The van der Waals surface area contributed by atoms with E-state index in [1.165, 1.54) is 11.1 Å². The summed E-state index contributed by atoms with van der Waals surface area (Å²) in [6.07, 6.45) is 5.63. The number of piperidine rings is 1. The SMILES string of the molecule is CCOc1ccc(CN2CCN(C(=O)C3CCN(Cc4ccncc4)CC3)CC2)cc1. The highest BCUT2D eigenvalue weighted by Gasteiger charge is 2.30. The average molecular weight is 423 g/mol. The highest BCUT2D eigenvalue weighted by molar-refractivity contribution is 5.79. The third-order valence-electron chi connectivity index (χ3n) is 6.42. The zero-order valence-electron chi connectivity index (χ0n) is 18.6. The molecule has 0 unspecified atom stereocenters. The van der Waals surface area contributed by atoms with E-state index in [0.717, 1.165) is 70.9 Å². The number of piperazine rings is 1. The van der Waals surface area contributed by atoms with Gasteiger partial charge in [-0.15, -0.1) is 0 Å². The number of pyridine rings is 1. The number of benzene rings is 1. The van der Waals surface area contributed by atoms with Crippen LogP contribution in [0.15, 0.2) is 48.8 Å². The molecule has 2 fully saturated rings. The zero-order chi connectivity index (χ0) is 21.5. The van der Waals surface area contributed by atoms with Crippen LogP contribution in [0.3, 0.4) is 0 Å². The molecule has 2 aliphatic rings. The fourth-order valence-electron chi connectivity index (χ4n) is 4.58. The van der Waals surface area contributed by atoms with Crippen LogP contribution in [-0.2, 0) is 17.9 Å². The van der Waals surface area contributed by atoms with Crippen molar-refractivity contribution in [2.45, 2.75) is 32.9 Å². The molecule has 0 radical (unpaired) electrons. The molecule has 1 aromatic heterocycles. The minimum Gasteiger partial charge on any atom is -0.494 e. The van der Waals surface area contributed by atoms with Gasteiger partial charge in [0, 0.05) is 57.6 Å². The molecule has 1 aromatic carbocycles. The van der Waals surface area contributed by atoms with Crippen LogP contribution < -0.4 is 4.74 Å². The van der Waals surface area contributed by atoms with E-state index < -0.39 is 0 Å². The highest BCUT2D eigenvalue weighted by Crippen LogP contribution is 2.22. The number of amides is 1. The van der Waals surface area contributed by atoms with E-state index >= 15 is 0 Å². The normalized spacial score (nSPS) is 18.8. The molecule has 6 nitrogen and oxygen atoms in total. The molecule has 0 saturated carbocycles. The van der Waals surface area contributed by atoms with Crippen molar-refractivity contribution in [3.05, 3.63) is 59.9 Å². The first-order valence-corrected chi connectivity index (χ1v) is 11.6. The van der Waals surface area contributed by atoms with Crippen LogP contribution in [0.2, 0.25) is 0 Å². The Balaban J connectivity index is 1.19. The van der Waals surface area contributed by atoms with Gasteiger partial charge in [0.2, 0.25) is 5.91 Å². The van der Waals surface area contributed by atoms with Crippen LogP contribution in [0, 0.1) is 5.92 Å². The first-order chi connectivity index (χ1) is 15.2. The Hall–Kier alpha value is -2.44. The molecule has 2 aromatic rings. The molecule has 0 aliphatic carbocycles. The molecule has 2 aliphatic heterocycles. The summed E-state index contributed by atoms with van der Waals surface area (Å²) in [5, 5.41) is 0. The molecule has 0 spiro atoms. The zero-order valence-corrected chi connectivity index (χ0v) is 18.6. The van der Waals surface area contributed by atoms with Gasteiger partial charge in [0.1, 0.15) is 5.75 Å². The molecule has 2 saturated heterocycles. The van der Waals surface area contributed by atoms with Gasteiger partial charge < -0.3 is 9.64 Å². The summed E-state index contributed by atoms with van der Waals surface area (Å²) in [6.45, 7) is 10.1. The van der Waals surface area contributed by atoms with Gasteiger partial charge in [-0.25, -0.2) is 0 Å². The molecule has 0 bridgehead atoms. The maximum Gasteiger partial charge on any atom is 0.225 e. The fourth-order valence-corrected chi connectivity index (χ4v) is 4.58. The van der Waals surface area contributed by atoms with Crippen LogP contribution in [0.5, 0.6) is 5.75 Å². The quantitative estimate of drug-likeness (QED) is 0.687. The van der Waals surface area contributed by atoms with Gasteiger partial charge in [-0.1, -0.05) is 12.1 Å². The molecule has 166 valence electrons. The predicted octanol–water partition coefficient (Wildman–Crippen LogP) is 3.04. The molecular weight excluding hydrogens is 388 g/mol. The van der Waals surface area contributed by atoms with E-state index in [9.17, 15) is 4.79 Å². The Morgan fingerprint density at radius 2 is 1.45 bits per heavy atom. The van der Waals surface area contributed by atoms with Crippen molar-refractivity contribution in [2.75, 3.05) is 45.9 Å². The first-order valence-electron chi connectivity index (χ1n) is 11.6. The lowest BCUT2D eigenvalue weighted by Crippen LogP contribution is -2.51. The standard InChI is InChI=1S/C25H34N4O2/c1-2-31-24-5-3-21(4-6-24)19-28-15-17-29(18-16-28)25(30)23-9-13-27(14-10-23)20-22-7-11-26-12-8-22/h3-8,11-12,23H,2,9-10,13-20H2,1H3. The van der Waals surface area contributed by atoms with Crippen molar-refractivity contribution < 1.29 is 9.53 Å². The summed E-state index contributed by atoms with van der Waals surface area (Å²) in [5.41, 5.74) is 2.59. The van der Waals surface area contributed by atoms with Crippen molar-refractivity contribution in [1.82, 2.24) is 19.7 Å².